The van der Waals surface area contributed by atoms with Crippen molar-refractivity contribution in [2.45, 2.75) is 24.7 Å². The minimum absolute atomic E-state index is 0.0981. The predicted molar refractivity (Wildman–Crippen MR) is 71.2 cm³/mol. The molecule has 0 bridgehead atoms. The molecule has 0 atom stereocenters. The first-order valence-electron chi connectivity index (χ1n) is 6.98. The normalized spacial score (nSPS) is 23.6. The first-order valence-corrected chi connectivity index (χ1v) is 6.98. The van der Waals surface area contributed by atoms with Crippen LogP contribution in [0.2, 0.25) is 0 Å². The molecule has 1 heterocycles. The Balaban J connectivity index is 1.77. The fourth-order valence-electron chi connectivity index (χ4n) is 3.26. The molecule has 1 saturated heterocycles. The summed E-state index contributed by atoms with van der Waals surface area (Å²) in [6, 6.07) is 7.23. The number of rotatable bonds is 3. The monoisotopic (exact) mass is 248 g/mol. The number of piperazine rings is 1. The average Bonchev–Trinajstić information content (AvgIpc) is 2.35. The lowest BCUT2D eigenvalue weighted by Gasteiger charge is -2.46. The number of nitrogens with zero attached hydrogens (tertiary/aromatic N) is 1. The van der Waals surface area contributed by atoms with E-state index in [1.165, 1.54) is 24.8 Å². The summed E-state index contributed by atoms with van der Waals surface area (Å²) in [5, 5.41) is 3.38. The van der Waals surface area contributed by atoms with Crippen LogP contribution in [-0.4, -0.2) is 37.6 Å². The molecule has 0 spiro atoms. The van der Waals surface area contributed by atoms with Gasteiger partial charge in [0.05, 0.1) is 0 Å². The summed E-state index contributed by atoms with van der Waals surface area (Å²) in [5.41, 5.74) is 1.42. The molecule has 1 N–H and O–H groups in total. The zero-order valence-corrected chi connectivity index (χ0v) is 10.8. The van der Waals surface area contributed by atoms with Crippen molar-refractivity contribution in [1.29, 1.82) is 0 Å². The molecule has 1 aromatic carbocycles. The van der Waals surface area contributed by atoms with Gasteiger partial charge in [0.15, 0.2) is 0 Å². The minimum atomic E-state index is -0.0981. The second-order valence-electron chi connectivity index (χ2n) is 5.67. The number of hydrogen-bond acceptors (Lipinski definition) is 2. The van der Waals surface area contributed by atoms with Crippen LogP contribution in [0.3, 0.4) is 0 Å². The molecule has 2 aliphatic rings. The third-order valence-electron chi connectivity index (χ3n) is 4.48. The van der Waals surface area contributed by atoms with Crippen molar-refractivity contribution >= 4 is 0 Å². The average molecular weight is 248 g/mol. The van der Waals surface area contributed by atoms with Crippen LogP contribution in [0.5, 0.6) is 0 Å². The van der Waals surface area contributed by atoms with Gasteiger partial charge in [-0.25, -0.2) is 4.39 Å². The van der Waals surface area contributed by atoms with E-state index in [2.05, 4.69) is 16.3 Å². The second kappa shape index (κ2) is 4.98. The van der Waals surface area contributed by atoms with Gasteiger partial charge in [-0.1, -0.05) is 18.6 Å². The molecule has 98 valence electrons. The molecule has 1 aromatic rings. The standard InChI is InChI=1S/C15H21FN2/c16-14-4-1-3-13(11-14)15(5-2-6-15)12-18-9-7-17-8-10-18/h1,3-4,11,17H,2,5-10,12H2. The summed E-state index contributed by atoms with van der Waals surface area (Å²) in [6.45, 7) is 5.50. The number of halogens is 1. The summed E-state index contributed by atoms with van der Waals surface area (Å²) >= 11 is 0. The van der Waals surface area contributed by atoms with E-state index in [0.717, 1.165) is 32.7 Å². The molecule has 0 amide bonds. The summed E-state index contributed by atoms with van der Waals surface area (Å²) in [5.74, 6) is -0.0981. The van der Waals surface area contributed by atoms with Crippen LogP contribution in [0.1, 0.15) is 24.8 Å². The fraction of sp³-hybridized carbons (Fsp3) is 0.600. The van der Waals surface area contributed by atoms with E-state index in [1.54, 1.807) is 12.1 Å². The summed E-state index contributed by atoms with van der Waals surface area (Å²) in [6.07, 6.45) is 3.70. The SMILES string of the molecule is Fc1cccc(C2(CN3CCNCC3)CCC2)c1. The number of benzene rings is 1. The Bertz CT molecular complexity index is 409. The highest BCUT2D eigenvalue weighted by molar-refractivity contribution is 5.29. The maximum atomic E-state index is 13.4. The first-order chi connectivity index (χ1) is 8.78. The maximum absolute atomic E-state index is 13.4. The summed E-state index contributed by atoms with van der Waals surface area (Å²) < 4.78 is 13.4. The molecular weight excluding hydrogens is 227 g/mol. The van der Waals surface area contributed by atoms with Crippen molar-refractivity contribution in [3.8, 4) is 0 Å². The van der Waals surface area contributed by atoms with Crippen LogP contribution in [0.15, 0.2) is 24.3 Å². The largest absolute Gasteiger partial charge is 0.314 e. The molecule has 3 heteroatoms. The molecular formula is C15H21FN2. The fourth-order valence-corrected chi connectivity index (χ4v) is 3.26. The maximum Gasteiger partial charge on any atom is 0.123 e. The van der Waals surface area contributed by atoms with Crippen molar-refractivity contribution in [3.05, 3.63) is 35.6 Å². The van der Waals surface area contributed by atoms with Crippen molar-refractivity contribution in [3.63, 3.8) is 0 Å². The molecule has 0 radical (unpaired) electrons. The lowest BCUT2D eigenvalue weighted by atomic mass is 9.64. The Hall–Kier alpha value is -0.930. The number of nitrogens with one attached hydrogen (secondary N) is 1. The molecule has 0 unspecified atom stereocenters. The van der Waals surface area contributed by atoms with E-state index in [9.17, 15) is 4.39 Å². The first kappa shape index (κ1) is 12.1. The van der Waals surface area contributed by atoms with Gasteiger partial charge in [0, 0.05) is 38.1 Å². The second-order valence-corrected chi connectivity index (χ2v) is 5.67. The van der Waals surface area contributed by atoms with E-state index in [1.807, 2.05) is 6.07 Å². The third kappa shape index (κ3) is 2.29. The van der Waals surface area contributed by atoms with Gasteiger partial charge in [-0.2, -0.15) is 0 Å². The molecule has 1 aliphatic heterocycles. The molecule has 0 aromatic heterocycles. The highest BCUT2D eigenvalue weighted by atomic mass is 19.1. The molecule has 1 aliphatic carbocycles. The Labute approximate surface area is 108 Å². The van der Waals surface area contributed by atoms with E-state index in [4.69, 9.17) is 0 Å². The molecule has 2 nitrogen and oxygen atoms in total. The minimum Gasteiger partial charge on any atom is -0.314 e. The number of hydrogen-bond donors (Lipinski definition) is 1. The smallest absolute Gasteiger partial charge is 0.123 e. The Morgan fingerprint density at radius 3 is 2.61 bits per heavy atom. The van der Waals surface area contributed by atoms with Gasteiger partial charge in [-0.05, 0) is 30.5 Å². The molecule has 3 rings (SSSR count). The van der Waals surface area contributed by atoms with Gasteiger partial charge < -0.3 is 5.32 Å². The van der Waals surface area contributed by atoms with Gasteiger partial charge in [0.1, 0.15) is 5.82 Å². The van der Waals surface area contributed by atoms with Crippen molar-refractivity contribution in [1.82, 2.24) is 10.2 Å². The quantitative estimate of drug-likeness (QED) is 0.882. The Kier molecular flexibility index (Phi) is 3.35. The van der Waals surface area contributed by atoms with E-state index >= 15 is 0 Å². The van der Waals surface area contributed by atoms with E-state index in [0.29, 0.717) is 0 Å². The van der Waals surface area contributed by atoms with Crippen LogP contribution >= 0.6 is 0 Å². The molecule has 2 fully saturated rings. The highest BCUT2D eigenvalue weighted by Crippen LogP contribution is 2.44. The van der Waals surface area contributed by atoms with Gasteiger partial charge in [-0.3, -0.25) is 4.90 Å². The third-order valence-corrected chi connectivity index (χ3v) is 4.48. The lowest BCUT2D eigenvalue weighted by molar-refractivity contribution is 0.128. The van der Waals surface area contributed by atoms with Gasteiger partial charge in [0.25, 0.3) is 0 Å². The van der Waals surface area contributed by atoms with Crippen LogP contribution in [-0.2, 0) is 5.41 Å². The van der Waals surface area contributed by atoms with Crippen LogP contribution in [0, 0.1) is 5.82 Å². The van der Waals surface area contributed by atoms with Gasteiger partial charge >= 0.3 is 0 Å². The molecule has 1 saturated carbocycles. The van der Waals surface area contributed by atoms with Crippen molar-refractivity contribution in [2.24, 2.45) is 0 Å². The van der Waals surface area contributed by atoms with Crippen molar-refractivity contribution < 1.29 is 4.39 Å². The van der Waals surface area contributed by atoms with Crippen LogP contribution < -0.4 is 5.32 Å². The molecule has 18 heavy (non-hydrogen) atoms. The zero-order valence-electron chi connectivity index (χ0n) is 10.8. The summed E-state index contributed by atoms with van der Waals surface area (Å²) in [4.78, 5) is 2.53. The Morgan fingerprint density at radius 1 is 1.22 bits per heavy atom. The lowest BCUT2D eigenvalue weighted by Crippen LogP contribution is -2.51. The zero-order chi connectivity index (χ0) is 12.4. The van der Waals surface area contributed by atoms with Gasteiger partial charge in [0.2, 0.25) is 0 Å². The Morgan fingerprint density at radius 2 is 2.00 bits per heavy atom. The highest BCUT2D eigenvalue weighted by Gasteiger charge is 2.40. The van der Waals surface area contributed by atoms with E-state index < -0.39 is 0 Å². The topological polar surface area (TPSA) is 15.3 Å². The predicted octanol–water partition coefficient (Wildman–Crippen LogP) is 2.15. The van der Waals surface area contributed by atoms with Crippen LogP contribution in [0.25, 0.3) is 0 Å². The van der Waals surface area contributed by atoms with E-state index in [-0.39, 0.29) is 11.2 Å². The van der Waals surface area contributed by atoms with Crippen molar-refractivity contribution in [2.75, 3.05) is 32.7 Å². The van der Waals surface area contributed by atoms with Gasteiger partial charge in [-0.15, -0.1) is 0 Å². The van der Waals surface area contributed by atoms with Crippen LogP contribution in [0.4, 0.5) is 4.39 Å². The summed E-state index contributed by atoms with van der Waals surface area (Å²) in [7, 11) is 0.